The van der Waals surface area contributed by atoms with Crippen LogP contribution in [0.2, 0.25) is 0 Å². The van der Waals surface area contributed by atoms with E-state index in [9.17, 15) is 4.79 Å². The van der Waals surface area contributed by atoms with E-state index >= 15 is 0 Å². The Labute approximate surface area is 174 Å². The van der Waals surface area contributed by atoms with E-state index in [-0.39, 0.29) is 17.5 Å². The molecule has 3 rings (SSSR count). The lowest BCUT2D eigenvalue weighted by Gasteiger charge is -2.36. The SMILES string of the molecule is Cc1ccc(C)c(NC(=O)[C@@H]([NH2+]CC(C)(C)[NH+]2CCOCC2)c2ccccc2)c1. The van der Waals surface area contributed by atoms with E-state index in [0.717, 1.165) is 55.2 Å². The Bertz CT molecular complexity index is 814. The van der Waals surface area contributed by atoms with E-state index in [0.29, 0.717) is 0 Å². The zero-order valence-corrected chi connectivity index (χ0v) is 18.1. The molecule has 1 heterocycles. The van der Waals surface area contributed by atoms with Crippen LogP contribution in [0.25, 0.3) is 0 Å². The number of nitrogens with two attached hydrogens (primary N) is 1. The largest absolute Gasteiger partial charge is 0.370 e. The molecule has 29 heavy (non-hydrogen) atoms. The van der Waals surface area contributed by atoms with Gasteiger partial charge in [-0.05, 0) is 44.9 Å². The van der Waals surface area contributed by atoms with Gasteiger partial charge >= 0.3 is 0 Å². The maximum Gasteiger partial charge on any atom is 0.287 e. The van der Waals surface area contributed by atoms with Crippen molar-refractivity contribution in [2.45, 2.75) is 39.3 Å². The third kappa shape index (κ3) is 5.66. The molecule has 5 heteroatoms. The van der Waals surface area contributed by atoms with Gasteiger partial charge in [0.2, 0.25) is 0 Å². The summed E-state index contributed by atoms with van der Waals surface area (Å²) in [5.41, 5.74) is 4.21. The van der Waals surface area contributed by atoms with Gasteiger partial charge < -0.3 is 20.3 Å². The zero-order valence-electron chi connectivity index (χ0n) is 18.1. The van der Waals surface area contributed by atoms with Gasteiger partial charge in [0.05, 0.1) is 13.2 Å². The fourth-order valence-corrected chi connectivity index (χ4v) is 3.99. The minimum Gasteiger partial charge on any atom is -0.370 e. The Balaban J connectivity index is 1.76. The van der Waals surface area contributed by atoms with Crippen LogP contribution >= 0.6 is 0 Å². The summed E-state index contributed by atoms with van der Waals surface area (Å²) in [6, 6.07) is 15.9. The number of carbonyl (C=O) groups excluding carboxylic acids is 1. The van der Waals surface area contributed by atoms with E-state index < -0.39 is 0 Å². The Morgan fingerprint density at radius 1 is 1.14 bits per heavy atom. The molecule has 0 spiro atoms. The molecule has 1 amide bonds. The average molecular weight is 398 g/mol. The first-order valence-corrected chi connectivity index (χ1v) is 10.6. The van der Waals surface area contributed by atoms with Crippen LogP contribution in [-0.2, 0) is 9.53 Å². The molecule has 1 fully saturated rings. The lowest BCUT2D eigenvalue weighted by Crippen LogP contribution is -3.23. The molecule has 0 saturated carbocycles. The van der Waals surface area contributed by atoms with Crippen molar-refractivity contribution < 1.29 is 19.7 Å². The summed E-state index contributed by atoms with van der Waals surface area (Å²) >= 11 is 0. The molecule has 5 nitrogen and oxygen atoms in total. The van der Waals surface area contributed by atoms with Gasteiger partial charge in [-0.25, -0.2) is 0 Å². The average Bonchev–Trinajstić information content (AvgIpc) is 2.72. The first-order chi connectivity index (χ1) is 13.9. The van der Waals surface area contributed by atoms with Crippen molar-refractivity contribution in [1.82, 2.24) is 0 Å². The molecule has 156 valence electrons. The van der Waals surface area contributed by atoms with Crippen molar-refractivity contribution in [3.63, 3.8) is 0 Å². The number of anilines is 1. The molecular weight excluding hydrogens is 362 g/mol. The highest BCUT2D eigenvalue weighted by molar-refractivity contribution is 5.95. The number of hydrogen-bond donors (Lipinski definition) is 3. The summed E-state index contributed by atoms with van der Waals surface area (Å²) in [6.07, 6.45) is 0. The molecule has 4 N–H and O–H groups in total. The molecule has 0 aromatic heterocycles. The van der Waals surface area contributed by atoms with Gasteiger partial charge in [-0.15, -0.1) is 0 Å². The van der Waals surface area contributed by atoms with E-state index in [1.165, 1.54) is 0 Å². The number of quaternary nitrogens is 2. The molecule has 0 aliphatic carbocycles. The van der Waals surface area contributed by atoms with Gasteiger partial charge in [-0.3, -0.25) is 4.79 Å². The summed E-state index contributed by atoms with van der Waals surface area (Å²) in [5, 5.41) is 5.36. The summed E-state index contributed by atoms with van der Waals surface area (Å²) in [5.74, 6) is 0.0256. The number of amides is 1. The lowest BCUT2D eigenvalue weighted by atomic mass is 9.99. The standard InChI is InChI=1S/C24H33N3O2/c1-18-10-11-19(2)21(16-18)26-23(28)22(20-8-6-5-7-9-20)25-17-24(3,4)27-12-14-29-15-13-27/h5-11,16,22,25H,12-15,17H2,1-4H3,(H,26,28)/p+2/t22-/m0/s1. The number of carbonyl (C=O) groups is 1. The molecule has 2 aromatic rings. The first-order valence-electron chi connectivity index (χ1n) is 10.6. The molecule has 0 unspecified atom stereocenters. The summed E-state index contributed by atoms with van der Waals surface area (Å²) in [4.78, 5) is 14.8. The molecule has 1 saturated heterocycles. The molecule has 1 aliphatic rings. The maximum atomic E-state index is 13.3. The maximum absolute atomic E-state index is 13.3. The fraction of sp³-hybridized carbons (Fsp3) is 0.458. The summed E-state index contributed by atoms with van der Waals surface area (Å²) in [6.45, 7) is 13.2. The Morgan fingerprint density at radius 2 is 1.83 bits per heavy atom. The minimum absolute atomic E-state index is 0.0256. The van der Waals surface area contributed by atoms with Crippen LogP contribution in [-0.4, -0.2) is 44.3 Å². The van der Waals surface area contributed by atoms with E-state index in [4.69, 9.17) is 4.74 Å². The normalized spacial score (nSPS) is 16.4. The predicted octanol–water partition coefficient (Wildman–Crippen LogP) is 1.24. The monoisotopic (exact) mass is 397 g/mol. The number of morpholine rings is 1. The van der Waals surface area contributed by atoms with Crippen LogP contribution in [0.3, 0.4) is 0 Å². The Hall–Kier alpha value is -2.21. The lowest BCUT2D eigenvalue weighted by molar-refractivity contribution is -0.969. The summed E-state index contributed by atoms with van der Waals surface area (Å²) in [7, 11) is 0. The van der Waals surface area contributed by atoms with Crippen molar-refractivity contribution in [1.29, 1.82) is 0 Å². The van der Waals surface area contributed by atoms with Crippen LogP contribution in [0.4, 0.5) is 5.69 Å². The van der Waals surface area contributed by atoms with Gasteiger partial charge in [0.25, 0.3) is 5.91 Å². The van der Waals surface area contributed by atoms with E-state index in [2.05, 4.69) is 36.6 Å². The predicted molar refractivity (Wildman–Crippen MR) is 116 cm³/mol. The summed E-state index contributed by atoms with van der Waals surface area (Å²) < 4.78 is 5.52. The van der Waals surface area contributed by atoms with Crippen LogP contribution in [0.15, 0.2) is 48.5 Å². The highest BCUT2D eigenvalue weighted by Crippen LogP contribution is 2.18. The van der Waals surface area contributed by atoms with Gasteiger partial charge in [0.1, 0.15) is 25.2 Å². The van der Waals surface area contributed by atoms with Crippen LogP contribution in [0.1, 0.15) is 36.6 Å². The second kappa shape index (κ2) is 9.53. The number of rotatable bonds is 7. The second-order valence-electron chi connectivity index (χ2n) is 8.74. The fourth-order valence-electron chi connectivity index (χ4n) is 3.99. The van der Waals surface area contributed by atoms with Crippen LogP contribution in [0, 0.1) is 13.8 Å². The van der Waals surface area contributed by atoms with E-state index in [1.54, 1.807) is 4.90 Å². The molecule has 0 radical (unpaired) electrons. The van der Waals surface area contributed by atoms with Crippen molar-refractivity contribution in [3.05, 3.63) is 65.2 Å². The van der Waals surface area contributed by atoms with Gasteiger partial charge in [-0.2, -0.15) is 0 Å². The third-order valence-corrected chi connectivity index (χ3v) is 6.01. The number of aryl methyl sites for hydroxylation is 2. The molecular formula is C24H35N3O2+2. The molecule has 1 aliphatic heterocycles. The highest BCUT2D eigenvalue weighted by Gasteiger charge is 2.36. The highest BCUT2D eigenvalue weighted by atomic mass is 16.5. The number of ether oxygens (including phenoxy) is 1. The van der Waals surface area contributed by atoms with Gasteiger partial charge in [0.15, 0.2) is 6.04 Å². The van der Waals surface area contributed by atoms with Gasteiger partial charge in [-0.1, -0.05) is 42.5 Å². The Morgan fingerprint density at radius 3 is 2.52 bits per heavy atom. The first kappa shape index (κ1) is 21.5. The van der Waals surface area contributed by atoms with Crippen molar-refractivity contribution in [3.8, 4) is 0 Å². The van der Waals surface area contributed by atoms with Gasteiger partial charge in [0, 0.05) is 11.3 Å². The quantitative estimate of drug-likeness (QED) is 0.658. The number of nitrogens with one attached hydrogen (secondary N) is 2. The minimum atomic E-state index is -0.282. The Kier molecular flexibility index (Phi) is 7.06. The zero-order chi connectivity index (χ0) is 20.9. The third-order valence-electron chi connectivity index (χ3n) is 6.01. The smallest absolute Gasteiger partial charge is 0.287 e. The number of benzene rings is 2. The molecule has 1 atom stereocenters. The van der Waals surface area contributed by atoms with Crippen molar-refractivity contribution in [2.75, 3.05) is 38.2 Å². The van der Waals surface area contributed by atoms with E-state index in [1.807, 2.05) is 50.2 Å². The van der Waals surface area contributed by atoms with Crippen molar-refractivity contribution in [2.24, 2.45) is 0 Å². The van der Waals surface area contributed by atoms with Crippen LogP contribution < -0.4 is 15.5 Å². The second-order valence-corrected chi connectivity index (χ2v) is 8.74. The number of hydrogen-bond acceptors (Lipinski definition) is 2. The molecule has 2 aromatic carbocycles. The van der Waals surface area contributed by atoms with Crippen LogP contribution in [0.5, 0.6) is 0 Å². The topological polar surface area (TPSA) is 59.4 Å². The molecule has 0 bridgehead atoms. The van der Waals surface area contributed by atoms with Crippen molar-refractivity contribution >= 4 is 11.6 Å².